The summed E-state index contributed by atoms with van der Waals surface area (Å²) in [5, 5.41) is 2.44. The molecule has 2 aliphatic rings. The van der Waals surface area contributed by atoms with E-state index in [9.17, 15) is 14.4 Å². The van der Waals surface area contributed by atoms with E-state index in [-0.39, 0.29) is 23.5 Å². The Labute approximate surface area is 149 Å². The lowest BCUT2D eigenvalue weighted by atomic mass is 9.85. The highest BCUT2D eigenvalue weighted by Crippen LogP contribution is 2.34. The Morgan fingerprint density at radius 2 is 1.92 bits per heavy atom. The molecule has 1 spiro atoms. The zero-order chi connectivity index (χ0) is 18.1. The predicted octanol–water partition coefficient (Wildman–Crippen LogP) is 1.40. The van der Waals surface area contributed by atoms with Crippen molar-refractivity contribution in [3.8, 4) is 0 Å². The van der Waals surface area contributed by atoms with Gasteiger partial charge in [0.05, 0.1) is 0 Å². The van der Waals surface area contributed by atoms with Gasteiger partial charge in [0.15, 0.2) is 12.1 Å². The number of nitrogens with one attached hydrogen (secondary N) is 1. The third kappa shape index (κ3) is 2.63. The number of urea groups is 1. The van der Waals surface area contributed by atoms with Crippen molar-refractivity contribution in [3.05, 3.63) is 54.2 Å². The van der Waals surface area contributed by atoms with Crippen LogP contribution in [-0.2, 0) is 11.3 Å². The van der Waals surface area contributed by atoms with Gasteiger partial charge in [0.1, 0.15) is 11.8 Å². The molecule has 0 saturated carbocycles. The maximum absolute atomic E-state index is 12.6. The van der Waals surface area contributed by atoms with Gasteiger partial charge in [-0.2, -0.15) is 0 Å². The summed E-state index contributed by atoms with van der Waals surface area (Å²) in [7, 11) is 0. The molecule has 4 rings (SSSR count). The van der Waals surface area contributed by atoms with Crippen LogP contribution in [0.4, 0.5) is 4.79 Å². The summed E-state index contributed by atoms with van der Waals surface area (Å²) < 4.78 is 4.86. The number of hydrogen-bond acceptors (Lipinski definition) is 5. The summed E-state index contributed by atoms with van der Waals surface area (Å²) in [6.07, 6.45) is 3.30. The first-order valence-electron chi connectivity index (χ1n) is 8.45. The van der Waals surface area contributed by atoms with Gasteiger partial charge in [0.25, 0.3) is 11.8 Å². The molecule has 2 aromatic rings. The number of nitrogens with zero attached hydrogens (tertiary/aromatic N) is 3. The number of piperidine rings is 1. The fourth-order valence-electron chi connectivity index (χ4n) is 3.64. The molecule has 2 fully saturated rings. The number of aromatic nitrogens is 1. The van der Waals surface area contributed by atoms with Crippen molar-refractivity contribution >= 4 is 17.8 Å². The van der Waals surface area contributed by atoms with E-state index in [1.165, 1.54) is 12.7 Å². The lowest BCUT2D eigenvalue weighted by Crippen LogP contribution is -2.57. The third-order valence-corrected chi connectivity index (χ3v) is 5.12. The second-order valence-electron chi connectivity index (χ2n) is 6.53. The fraction of sp³-hybridized carbons (Fsp3) is 0.333. The topological polar surface area (TPSA) is 95.7 Å². The van der Waals surface area contributed by atoms with Crippen LogP contribution in [-0.4, -0.2) is 51.3 Å². The molecule has 2 saturated heterocycles. The van der Waals surface area contributed by atoms with Crippen LogP contribution in [0.15, 0.2) is 47.4 Å². The Kier molecular flexibility index (Phi) is 3.95. The molecule has 0 radical (unpaired) electrons. The van der Waals surface area contributed by atoms with Crippen molar-refractivity contribution in [2.24, 2.45) is 0 Å². The van der Waals surface area contributed by atoms with E-state index in [0.717, 1.165) is 5.56 Å². The minimum Gasteiger partial charge on any atom is -0.451 e. The summed E-state index contributed by atoms with van der Waals surface area (Å²) >= 11 is 0. The van der Waals surface area contributed by atoms with Gasteiger partial charge >= 0.3 is 6.03 Å². The highest BCUT2D eigenvalue weighted by Gasteiger charge is 2.54. The van der Waals surface area contributed by atoms with Crippen molar-refractivity contribution < 1.29 is 18.8 Å². The number of carbonyl (C=O) groups is 3. The van der Waals surface area contributed by atoms with Crippen molar-refractivity contribution in [2.45, 2.75) is 24.9 Å². The minimum atomic E-state index is -0.909. The molecule has 1 aromatic heterocycles. The molecule has 8 nitrogen and oxygen atoms in total. The standard InChI is InChI=1S/C18H18N4O4/c23-15(14-11-26-12-19-14)21-8-6-18(7-9-21)16(24)20-17(25)22(18)10-13-4-2-1-3-5-13/h1-5,11-12H,6-10H2,(H,20,24,25). The molecule has 0 atom stereocenters. The van der Waals surface area contributed by atoms with Crippen molar-refractivity contribution in [1.82, 2.24) is 20.1 Å². The van der Waals surface area contributed by atoms with Gasteiger partial charge in [-0.05, 0) is 18.4 Å². The maximum Gasteiger partial charge on any atom is 0.325 e. The first-order chi connectivity index (χ1) is 12.6. The Bertz CT molecular complexity index is 826. The second-order valence-corrected chi connectivity index (χ2v) is 6.53. The molecule has 3 heterocycles. The monoisotopic (exact) mass is 354 g/mol. The SMILES string of the molecule is O=C(c1cocn1)N1CCC2(CC1)C(=O)NC(=O)N2Cc1ccccc1. The lowest BCUT2D eigenvalue weighted by molar-refractivity contribution is -0.129. The van der Waals surface area contributed by atoms with Gasteiger partial charge in [-0.25, -0.2) is 9.78 Å². The molecular weight excluding hydrogens is 336 g/mol. The first kappa shape index (κ1) is 16.3. The molecule has 26 heavy (non-hydrogen) atoms. The number of benzene rings is 1. The number of hydrogen-bond donors (Lipinski definition) is 1. The number of rotatable bonds is 3. The highest BCUT2D eigenvalue weighted by atomic mass is 16.3. The maximum atomic E-state index is 12.6. The molecule has 8 heteroatoms. The molecule has 1 aromatic carbocycles. The van der Waals surface area contributed by atoms with E-state index < -0.39 is 5.54 Å². The molecule has 134 valence electrons. The van der Waals surface area contributed by atoms with Crippen molar-refractivity contribution in [1.29, 1.82) is 0 Å². The average molecular weight is 354 g/mol. The van der Waals surface area contributed by atoms with Crippen LogP contribution in [0.5, 0.6) is 0 Å². The Morgan fingerprint density at radius 3 is 2.58 bits per heavy atom. The minimum absolute atomic E-state index is 0.229. The van der Waals surface area contributed by atoms with E-state index in [0.29, 0.717) is 32.5 Å². The number of amides is 4. The zero-order valence-electron chi connectivity index (χ0n) is 14.1. The third-order valence-electron chi connectivity index (χ3n) is 5.12. The summed E-state index contributed by atoms with van der Waals surface area (Å²) in [6, 6.07) is 9.17. The van der Waals surface area contributed by atoms with E-state index in [2.05, 4.69) is 10.3 Å². The molecule has 0 unspecified atom stereocenters. The van der Waals surface area contributed by atoms with Crippen LogP contribution in [0.25, 0.3) is 0 Å². The molecule has 0 aliphatic carbocycles. The Balaban J connectivity index is 1.52. The summed E-state index contributed by atoms with van der Waals surface area (Å²) in [5.74, 6) is -0.514. The van der Waals surface area contributed by atoms with Gasteiger partial charge in [-0.3, -0.25) is 14.9 Å². The fourth-order valence-corrected chi connectivity index (χ4v) is 3.64. The Morgan fingerprint density at radius 1 is 1.19 bits per heavy atom. The molecule has 1 N–H and O–H groups in total. The molecule has 4 amide bonds. The van der Waals surface area contributed by atoms with Gasteiger partial charge in [-0.1, -0.05) is 30.3 Å². The van der Waals surface area contributed by atoms with Crippen LogP contribution in [0.2, 0.25) is 0 Å². The van der Waals surface area contributed by atoms with Gasteiger partial charge in [-0.15, -0.1) is 0 Å². The van der Waals surface area contributed by atoms with Crippen LogP contribution < -0.4 is 5.32 Å². The van der Waals surface area contributed by atoms with Gasteiger partial charge in [0.2, 0.25) is 0 Å². The normalized spacial score (nSPS) is 19.1. The van der Waals surface area contributed by atoms with Gasteiger partial charge < -0.3 is 14.2 Å². The number of imide groups is 1. The molecular formula is C18H18N4O4. The van der Waals surface area contributed by atoms with Crippen molar-refractivity contribution in [2.75, 3.05) is 13.1 Å². The predicted molar refractivity (Wildman–Crippen MR) is 89.9 cm³/mol. The number of likely N-dealkylation sites (tertiary alicyclic amines) is 1. The van der Waals surface area contributed by atoms with E-state index in [1.54, 1.807) is 9.80 Å². The van der Waals surface area contributed by atoms with E-state index in [4.69, 9.17) is 4.42 Å². The van der Waals surface area contributed by atoms with Crippen LogP contribution in [0.3, 0.4) is 0 Å². The number of carbonyl (C=O) groups excluding carboxylic acids is 3. The second kappa shape index (κ2) is 6.29. The summed E-state index contributed by atoms with van der Waals surface area (Å²) in [6.45, 7) is 1.10. The largest absolute Gasteiger partial charge is 0.451 e. The van der Waals surface area contributed by atoms with Crippen LogP contribution in [0, 0.1) is 0 Å². The number of oxazole rings is 1. The molecule has 2 aliphatic heterocycles. The quantitative estimate of drug-likeness (QED) is 0.841. The van der Waals surface area contributed by atoms with Gasteiger partial charge in [0, 0.05) is 19.6 Å². The van der Waals surface area contributed by atoms with Crippen LogP contribution >= 0.6 is 0 Å². The first-order valence-corrected chi connectivity index (χ1v) is 8.45. The van der Waals surface area contributed by atoms with Crippen LogP contribution in [0.1, 0.15) is 28.9 Å². The summed E-state index contributed by atoms with van der Waals surface area (Å²) in [4.78, 5) is 44.4. The lowest BCUT2D eigenvalue weighted by Gasteiger charge is -2.42. The van der Waals surface area contributed by atoms with Crippen molar-refractivity contribution in [3.63, 3.8) is 0 Å². The molecule has 0 bridgehead atoms. The van der Waals surface area contributed by atoms with E-state index >= 15 is 0 Å². The summed E-state index contributed by atoms with van der Waals surface area (Å²) in [5.41, 5.74) is 0.292. The highest BCUT2D eigenvalue weighted by molar-refractivity contribution is 6.07. The average Bonchev–Trinajstić information content (AvgIpc) is 3.27. The zero-order valence-corrected chi connectivity index (χ0v) is 14.1. The Hall–Kier alpha value is -3.16. The van der Waals surface area contributed by atoms with E-state index in [1.807, 2.05) is 30.3 Å². The smallest absolute Gasteiger partial charge is 0.325 e.